The lowest BCUT2D eigenvalue weighted by molar-refractivity contribution is 0.211. The van der Waals surface area contributed by atoms with Crippen LogP contribution < -0.4 is 10.1 Å². The Morgan fingerprint density at radius 2 is 2.50 bits per heavy atom. The van der Waals surface area contributed by atoms with Gasteiger partial charge in [-0.2, -0.15) is 0 Å². The van der Waals surface area contributed by atoms with Crippen LogP contribution in [0.4, 0.5) is 0 Å². The lowest BCUT2D eigenvalue weighted by Gasteiger charge is -2.22. The average Bonchev–Trinajstić information content (AvgIpc) is 2.29. The quantitative estimate of drug-likeness (QED) is 0.926. The molecule has 1 fully saturated rings. The van der Waals surface area contributed by atoms with Crippen molar-refractivity contribution in [3.63, 3.8) is 0 Å². The fourth-order valence-corrected chi connectivity index (χ4v) is 2.47. The van der Waals surface area contributed by atoms with E-state index >= 15 is 0 Å². The minimum Gasteiger partial charge on any atom is -0.477 e. The maximum Gasteiger partial charge on any atom is 0.227 e. The first-order valence-electron chi connectivity index (χ1n) is 5.71. The molecule has 0 radical (unpaired) electrons. The van der Waals surface area contributed by atoms with E-state index in [2.05, 4.69) is 26.2 Å². The van der Waals surface area contributed by atoms with Crippen molar-refractivity contribution in [2.75, 3.05) is 19.7 Å². The summed E-state index contributed by atoms with van der Waals surface area (Å²) in [6.07, 6.45) is 4.33. The van der Waals surface area contributed by atoms with Gasteiger partial charge in [0.15, 0.2) is 0 Å². The highest BCUT2D eigenvalue weighted by atomic mass is 79.9. The van der Waals surface area contributed by atoms with Crippen LogP contribution in [0.25, 0.3) is 0 Å². The summed E-state index contributed by atoms with van der Waals surface area (Å²) in [5.41, 5.74) is 1.14. The number of halogens is 1. The number of nitrogens with one attached hydrogen (secondary N) is 1. The average molecular weight is 285 g/mol. The van der Waals surface area contributed by atoms with Gasteiger partial charge in [0, 0.05) is 18.7 Å². The number of aryl methyl sites for hydroxylation is 1. The summed E-state index contributed by atoms with van der Waals surface area (Å²) in [5, 5.41) is 3.38. The summed E-state index contributed by atoms with van der Waals surface area (Å²) in [6.45, 7) is 4.97. The Balaban J connectivity index is 1.88. The maximum atomic E-state index is 5.73. The van der Waals surface area contributed by atoms with Gasteiger partial charge >= 0.3 is 0 Å². The van der Waals surface area contributed by atoms with Crippen molar-refractivity contribution < 1.29 is 4.74 Å². The Bertz CT molecular complexity index is 351. The Morgan fingerprint density at radius 1 is 1.62 bits per heavy atom. The molecule has 1 aromatic rings. The van der Waals surface area contributed by atoms with Gasteiger partial charge in [0.2, 0.25) is 5.88 Å². The molecule has 16 heavy (non-hydrogen) atoms. The summed E-state index contributed by atoms with van der Waals surface area (Å²) >= 11 is 3.47. The van der Waals surface area contributed by atoms with Gasteiger partial charge in [-0.15, -0.1) is 0 Å². The lowest BCUT2D eigenvalue weighted by Crippen LogP contribution is -2.33. The molecule has 1 aliphatic heterocycles. The summed E-state index contributed by atoms with van der Waals surface area (Å²) in [5.74, 6) is 1.32. The van der Waals surface area contributed by atoms with E-state index in [1.54, 1.807) is 0 Å². The molecule has 1 unspecified atom stereocenters. The third-order valence-electron chi connectivity index (χ3n) is 2.80. The second-order valence-corrected chi connectivity index (χ2v) is 5.18. The molecule has 0 amide bonds. The molecule has 3 nitrogen and oxygen atoms in total. The predicted octanol–water partition coefficient (Wildman–Crippen LogP) is 2.53. The zero-order valence-electron chi connectivity index (χ0n) is 9.50. The number of nitrogens with zero attached hydrogens (tertiary/aromatic N) is 1. The highest BCUT2D eigenvalue weighted by molar-refractivity contribution is 9.10. The monoisotopic (exact) mass is 284 g/mol. The minimum atomic E-state index is 0.615. The van der Waals surface area contributed by atoms with E-state index in [-0.39, 0.29) is 0 Å². The van der Waals surface area contributed by atoms with E-state index in [4.69, 9.17) is 4.74 Å². The smallest absolute Gasteiger partial charge is 0.227 e. The molecule has 0 aliphatic carbocycles. The fraction of sp³-hybridized carbons (Fsp3) is 0.583. The number of rotatable bonds is 3. The normalized spacial score (nSPS) is 20.8. The molecular weight excluding hydrogens is 268 g/mol. The zero-order valence-corrected chi connectivity index (χ0v) is 11.1. The van der Waals surface area contributed by atoms with Crippen LogP contribution >= 0.6 is 15.9 Å². The Labute approximate surface area is 105 Å². The highest BCUT2D eigenvalue weighted by Gasteiger charge is 2.14. The van der Waals surface area contributed by atoms with E-state index in [0.717, 1.165) is 29.7 Å². The van der Waals surface area contributed by atoms with Gasteiger partial charge in [-0.05, 0) is 53.9 Å². The molecule has 1 saturated heterocycles. The molecule has 0 aromatic carbocycles. The van der Waals surface area contributed by atoms with Crippen molar-refractivity contribution in [3.05, 3.63) is 22.3 Å². The largest absolute Gasteiger partial charge is 0.477 e. The second kappa shape index (κ2) is 5.64. The highest BCUT2D eigenvalue weighted by Crippen LogP contribution is 2.23. The van der Waals surface area contributed by atoms with Crippen LogP contribution in [0, 0.1) is 12.8 Å². The lowest BCUT2D eigenvalue weighted by atomic mass is 10.0. The summed E-state index contributed by atoms with van der Waals surface area (Å²) in [7, 11) is 0. The Hall–Kier alpha value is -0.610. The van der Waals surface area contributed by atoms with Crippen molar-refractivity contribution >= 4 is 15.9 Å². The van der Waals surface area contributed by atoms with Crippen molar-refractivity contribution in [2.24, 2.45) is 5.92 Å². The minimum absolute atomic E-state index is 0.615. The SMILES string of the molecule is Cc1cnc(OCC2CCCNC2)c(Br)c1. The molecule has 88 valence electrons. The first-order chi connectivity index (χ1) is 7.75. The van der Waals surface area contributed by atoms with Gasteiger partial charge in [-0.25, -0.2) is 4.98 Å². The van der Waals surface area contributed by atoms with Crippen LogP contribution in [-0.2, 0) is 0 Å². The van der Waals surface area contributed by atoms with Crippen LogP contribution in [0.2, 0.25) is 0 Å². The molecule has 0 spiro atoms. The van der Waals surface area contributed by atoms with Gasteiger partial charge in [-0.1, -0.05) is 0 Å². The van der Waals surface area contributed by atoms with Crippen LogP contribution in [0.15, 0.2) is 16.7 Å². The van der Waals surface area contributed by atoms with Gasteiger partial charge in [0.25, 0.3) is 0 Å². The maximum absolute atomic E-state index is 5.73. The topological polar surface area (TPSA) is 34.1 Å². The molecule has 0 saturated carbocycles. The van der Waals surface area contributed by atoms with E-state index in [1.807, 2.05) is 19.2 Å². The van der Waals surface area contributed by atoms with Gasteiger partial charge < -0.3 is 10.1 Å². The molecular formula is C12H17BrN2O. The predicted molar refractivity (Wildman–Crippen MR) is 67.8 cm³/mol. The molecule has 0 bridgehead atoms. The van der Waals surface area contributed by atoms with Crippen molar-refractivity contribution in [3.8, 4) is 5.88 Å². The van der Waals surface area contributed by atoms with Crippen molar-refractivity contribution in [1.29, 1.82) is 0 Å². The van der Waals surface area contributed by atoms with E-state index in [9.17, 15) is 0 Å². The third-order valence-corrected chi connectivity index (χ3v) is 3.37. The number of aromatic nitrogens is 1. The molecule has 1 aliphatic rings. The molecule has 1 aromatic heterocycles. The zero-order chi connectivity index (χ0) is 11.4. The summed E-state index contributed by atoms with van der Waals surface area (Å²) in [6, 6.07) is 2.03. The molecule has 4 heteroatoms. The van der Waals surface area contributed by atoms with Crippen LogP contribution in [0.3, 0.4) is 0 Å². The number of hydrogen-bond donors (Lipinski definition) is 1. The van der Waals surface area contributed by atoms with Crippen LogP contribution in [0.5, 0.6) is 5.88 Å². The number of ether oxygens (including phenoxy) is 1. The molecule has 1 atom stereocenters. The van der Waals surface area contributed by atoms with E-state index < -0.39 is 0 Å². The standard InChI is InChI=1S/C12H17BrN2O/c1-9-5-11(13)12(15-6-9)16-8-10-3-2-4-14-7-10/h5-6,10,14H,2-4,7-8H2,1H3. The van der Waals surface area contributed by atoms with Gasteiger partial charge in [-0.3, -0.25) is 0 Å². The Morgan fingerprint density at radius 3 is 3.19 bits per heavy atom. The van der Waals surface area contributed by atoms with Crippen molar-refractivity contribution in [1.82, 2.24) is 10.3 Å². The van der Waals surface area contributed by atoms with Crippen LogP contribution in [-0.4, -0.2) is 24.7 Å². The number of hydrogen-bond acceptors (Lipinski definition) is 3. The number of pyridine rings is 1. The fourth-order valence-electron chi connectivity index (χ4n) is 1.89. The molecule has 2 heterocycles. The van der Waals surface area contributed by atoms with Crippen molar-refractivity contribution in [2.45, 2.75) is 19.8 Å². The summed E-state index contributed by atoms with van der Waals surface area (Å²) < 4.78 is 6.67. The number of piperidine rings is 1. The van der Waals surface area contributed by atoms with Gasteiger partial charge in [0.05, 0.1) is 11.1 Å². The van der Waals surface area contributed by atoms with E-state index in [0.29, 0.717) is 11.8 Å². The first-order valence-corrected chi connectivity index (χ1v) is 6.50. The first kappa shape index (κ1) is 11.9. The van der Waals surface area contributed by atoms with E-state index in [1.165, 1.54) is 12.8 Å². The molecule has 2 rings (SSSR count). The van der Waals surface area contributed by atoms with Crippen LogP contribution in [0.1, 0.15) is 18.4 Å². The molecule has 1 N–H and O–H groups in total. The second-order valence-electron chi connectivity index (χ2n) is 4.32. The Kier molecular flexibility index (Phi) is 4.18. The summed E-state index contributed by atoms with van der Waals surface area (Å²) in [4.78, 5) is 4.27. The third kappa shape index (κ3) is 3.19. The van der Waals surface area contributed by atoms with Gasteiger partial charge in [0.1, 0.15) is 0 Å².